The van der Waals surface area contributed by atoms with Crippen molar-refractivity contribution < 1.29 is 4.84 Å². The largest absolute Gasteiger partial charge is 0.399 e. The first-order valence-electron chi connectivity index (χ1n) is 2.49. The number of oxime groups is 1. The Hall–Kier alpha value is -1.32. The molecule has 0 fully saturated rings. The van der Waals surface area contributed by atoms with Crippen molar-refractivity contribution in [2.75, 3.05) is 7.11 Å². The van der Waals surface area contributed by atoms with Crippen molar-refractivity contribution in [3.8, 4) is 0 Å². The molecule has 0 aromatic carbocycles. The molecule has 1 heterocycles. The molecule has 9 heavy (non-hydrogen) atoms. The van der Waals surface area contributed by atoms with Crippen molar-refractivity contribution in [3.05, 3.63) is 18.2 Å². The number of nitrogens with one attached hydrogen (secondary N) is 1. The number of imidazole rings is 1. The van der Waals surface area contributed by atoms with Gasteiger partial charge >= 0.3 is 0 Å². The van der Waals surface area contributed by atoms with Gasteiger partial charge in [0.05, 0.1) is 0 Å². The number of rotatable bonds is 2. The summed E-state index contributed by atoms with van der Waals surface area (Å²) in [6, 6.07) is 0. The lowest BCUT2D eigenvalue weighted by atomic mass is 10.7. The molecule has 1 N–H and O–H groups in total. The molecule has 4 nitrogen and oxygen atoms in total. The quantitative estimate of drug-likeness (QED) is 0.459. The molecule has 0 aliphatic rings. The van der Waals surface area contributed by atoms with Crippen LogP contribution in [0.25, 0.3) is 0 Å². The summed E-state index contributed by atoms with van der Waals surface area (Å²) in [5.41, 5.74) is 0. The van der Waals surface area contributed by atoms with Crippen LogP contribution in [0.1, 0.15) is 5.82 Å². The van der Waals surface area contributed by atoms with E-state index in [1.807, 2.05) is 0 Å². The van der Waals surface area contributed by atoms with Gasteiger partial charge in [-0.2, -0.15) is 0 Å². The van der Waals surface area contributed by atoms with Gasteiger partial charge in [-0.15, -0.1) is 0 Å². The zero-order valence-corrected chi connectivity index (χ0v) is 5.03. The smallest absolute Gasteiger partial charge is 0.151 e. The highest BCUT2D eigenvalue weighted by atomic mass is 16.6. The number of nitrogens with zero attached hydrogens (tertiary/aromatic N) is 2. The normalized spacial score (nSPS) is 10.3. The second-order valence-electron chi connectivity index (χ2n) is 1.39. The molecule has 0 saturated heterocycles. The summed E-state index contributed by atoms with van der Waals surface area (Å²) in [5.74, 6) is 0.692. The Morgan fingerprint density at radius 1 is 1.89 bits per heavy atom. The van der Waals surface area contributed by atoms with Gasteiger partial charge in [-0.1, -0.05) is 5.16 Å². The highest BCUT2D eigenvalue weighted by Crippen LogP contribution is 1.81. The van der Waals surface area contributed by atoms with E-state index in [1.165, 1.54) is 13.3 Å². The van der Waals surface area contributed by atoms with E-state index in [2.05, 4.69) is 20.0 Å². The highest BCUT2D eigenvalue weighted by molar-refractivity contribution is 5.73. The van der Waals surface area contributed by atoms with Crippen molar-refractivity contribution in [2.24, 2.45) is 5.16 Å². The van der Waals surface area contributed by atoms with Crippen molar-refractivity contribution in [2.45, 2.75) is 0 Å². The summed E-state index contributed by atoms with van der Waals surface area (Å²) in [4.78, 5) is 11.1. The third kappa shape index (κ3) is 1.56. The zero-order chi connectivity index (χ0) is 6.53. The molecule has 48 valence electrons. The van der Waals surface area contributed by atoms with Gasteiger partial charge in [-0.25, -0.2) is 4.98 Å². The Labute approximate surface area is 52.6 Å². The van der Waals surface area contributed by atoms with E-state index in [9.17, 15) is 0 Å². The van der Waals surface area contributed by atoms with E-state index in [0.717, 1.165) is 0 Å². The van der Waals surface area contributed by atoms with Crippen LogP contribution in [0.5, 0.6) is 0 Å². The zero-order valence-electron chi connectivity index (χ0n) is 5.03. The van der Waals surface area contributed by atoms with E-state index in [1.54, 1.807) is 12.4 Å². The Kier molecular flexibility index (Phi) is 1.85. The Morgan fingerprint density at radius 2 is 2.78 bits per heavy atom. The van der Waals surface area contributed by atoms with Crippen LogP contribution in [0, 0.1) is 0 Å². The fourth-order valence-corrected chi connectivity index (χ4v) is 0.451. The lowest BCUT2D eigenvalue weighted by molar-refractivity contribution is 0.215. The monoisotopic (exact) mass is 125 g/mol. The van der Waals surface area contributed by atoms with Gasteiger partial charge in [0.25, 0.3) is 0 Å². The summed E-state index contributed by atoms with van der Waals surface area (Å²) >= 11 is 0. The van der Waals surface area contributed by atoms with Crippen LogP contribution in [0.3, 0.4) is 0 Å². The third-order valence-electron chi connectivity index (χ3n) is 0.800. The molecule has 0 atom stereocenters. The van der Waals surface area contributed by atoms with Gasteiger partial charge in [-0.05, 0) is 0 Å². The maximum Gasteiger partial charge on any atom is 0.151 e. The van der Waals surface area contributed by atoms with Crippen molar-refractivity contribution in [1.29, 1.82) is 0 Å². The van der Waals surface area contributed by atoms with Crippen LogP contribution < -0.4 is 0 Å². The number of hydrogen-bond acceptors (Lipinski definition) is 3. The van der Waals surface area contributed by atoms with E-state index >= 15 is 0 Å². The topological polar surface area (TPSA) is 50.3 Å². The molecule has 0 saturated carbocycles. The molecule has 0 radical (unpaired) electrons. The first-order valence-corrected chi connectivity index (χ1v) is 2.49. The average molecular weight is 125 g/mol. The molecule has 1 rings (SSSR count). The molecule has 0 bridgehead atoms. The van der Waals surface area contributed by atoms with Crippen LogP contribution in [0.4, 0.5) is 0 Å². The van der Waals surface area contributed by atoms with Gasteiger partial charge in [0, 0.05) is 12.4 Å². The van der Waals surface area contributed by atoms with E-state index in [4.69, 9.17) is 0 Å². The van der Waals surface area contributed by atoms with Gasteiger partial charge in [-0.3, -0.25) is 0 Å². The molecule has 0 unspecified atom stereocenters. The lowest BCUT2D eigenvalue weighted by Gasteiger charge is -1.81. The fraction of sp³-hybridized carbons (Fsp3) is 0.200. The van der Waals surface area contributed by atoms with Crippen LogP contribution in [0.15, 0.2) is 17.5 Å². The number of hydrogen-bond donors (Lipinski definition) is 1. The van der Waals surface area contributed by atoms with E-state index in [-0.39, 0.29) is 0 Å². The maximum absolute atomic E-state index is 4.42. The predicted octanol–water partition coefficient (Wildman–Crippen LogP) is 0.390. The third-order valence-corrected chi connectivity index (χ3v) is 0.800. The molecule has 0 aliphatic heterocycles. The lowest BCUT2D eigenvalue weighted by Crippen LogP contribution is -1.82. The molecular weight excluding hydrogens is 118 g/mol. The van der Waals surface area contributed by atoms with Crippen molar-refractivity contribution in [1.82, 2.24) is 9.97 Å². The van der Waals surface area contributed by atoms with Crippen LogP contribution >= 0.6 is 0 Å². The summed E-state index contributed by atoms with van der Waals surface area (Å²) < 4.78 is 0. The average Bonchev–Trinajstić information content (AvgIpc) is 2.34. The van der Waals surface area contributed by atoms with E-state index in [0.29, 0.717) is 5.82 Å². The molecule has 4 heteroatoms. The first kappa shape index (κ1) is 5.81. The standard InChI is InChI=1S/C5H7N3O/c1-9-8-4-5-6-2-3-7-5/h2-4H,1H3,(H,6,7)/b8-4+. The molecule has 0 aliphatic carbocycles. The summed E-state index contributed by atoms with van der Waals surface area (Å²) in [6.45, 7) is 0. The Balaban J connectivity index is 2.57. The van der Waals surface area contributed by atoms with Crippen molar-refractivity contribution in [3.63, 3.8) is 0 Å². The Morgan fingerprint density at radius 3 is 3.33 bits per heavy atom. The molecule has 1 aromatic rings. The second kappa shape index (κ2) is 2.86. The number of aromatic nitrogens is 2. The minimum atomic E-state index is 0.692. The predicted molar refractivity (Wildman–Crippen MR) is 33.2 cm³/mol. The van der Waals surface area contributed by atoms with Gasteiger partial charge < -0.3 is 9.82 Å². The molecule has 0 spiro atoms. The van der Waals surface area contributed by atoms with Gasteiger partial charge in [0.2, 0.25) is 0 Å². The van der Waals surface area contributed by atoms with Crippen molar-refractivity contribution >= 4 is 6.21 Å². The summed E-state index contributed by atoms with van der Waals surface area (Å²) in [5, 5.41) is 3.50. The van der Waals surface area contributed by atoms with Crippen LogP contribution in [-0.2, 0) is 4.84 Å². The molecule has 0 amide bonds. The number of H-pyrrole nitrogens is 1. The van der Waals surface area contributed by atoms with Gasteiger partial charge in [0.15, 0.2) is 5.82 Å². The Bertz CT molecular complexity index is 180. The summed E-state index contributed by atoms with van der Waals surface area (Å²) in [6.07, 6.45) is 4.87. The van der Waals surface area contributed by atoms with Gasteiger partial charge in [0.1, 0.15) is 13.3 Å². The van der Waals surface area contributed by atoms with Crippen LogP contribution in [-0.4, -0.2) is 23.3 Å². The fourth-order valence-electron chi connectivity index (χ4n) is 0.451. The maximum atomic E-state index is 4.42. The molecule has 1 aromatic heterocycles. The van der Waals surface area contributed by atoms with E-state index < -0.39 is 0 Å². The second-order valence-corrected chi connectivity index (χ2v) is 1.39. The summed E-state index contributed by atoms with van der Waals surface area (Å²) in [7, 11) is 1.49. The highest BCUT2D eigenvalue weighted by Gasteiger charge is 1.83. The van der Waals surface area contributed by atoms with Crippen LogP contribution in [0.2, 0.25) is 0 Å². The number of aromatic amines is 1. The molecular formula is C5H7N3O. The SMILES string of the molecule is CO/N=C/c1ncc[nH]1. The minimum absolute atomic E-state index is 0.692. The minimum Gasteiger partial charge on any atom is -0.399 e. The first-order chi connectivity index (χ1) is 4.43.